The van der Waals surface area contributed by atoms with Crippen LogP contribution in [0.5, 0.6) is 0 Å². The highest BCUT2D eigenvalue weighted by Crippen LogP contribution is 2.19. The second kappa shape index (κ2) is 6.98. The van der Waals surface area contributed by atoms with E-state index in [-0.39, 0.29) is 22.9 Å². The molecule has 6 nitrogen and oxygen atoms in total. The third-order valence-corrected chi connectivity index (χ3v) is 4.17. The van der Waals surface area contributed by atoms with Crippen LogP contribution in [0, 0.1) is 5.82 Å². The first-order valence-electron chi connectivity index (χ1n) is 5.47. The van der Waals surface area contributed by atoms with E-state index in [4.69, 9.17) is 21.4 Å². The number of hydrogen-bond acceptors (Lipinski definition) is 4. The summed E-state index contributed by atoms with van der Waals surface area (Å²) >= 11 is 5.50. The molecule has 0 amide bonds. The quantitative estimate of drug-likeness (QED) is 0.787. The zero-order valence-corrected chi connectivity index (χ0v) is 12.0. The Labute approximate surface area is 120 Å². The van der Waals surface area contributed by atoms with E-state index in [2.05, 4.69) is 0 Å². The zero-order valence-electron chi connectivity index (χ0n) is 10.5. The molecule has 0 radical (unpaired) electrons. The summed E-state index contributed by atoms with van der Waals surface area (Å²) in [7, 11) is -2.74. The summed E-state index contributed by atoms with van der Waals surface area (Å²) in [6.45, 7) is 0.0731. The van der Waals surface area contributed by atoms with Crippen molar-refractivity contribution in [3.05, 3.63) is 29.0 Å². The van der Waals surface area contributed by atoms with Crippen LogP contribution in [0.3, 0.4) is 0 Å². The molecule has 20 heavy (non-hydrogen) atoms. The number of benzene rings is 1. The molecule has 0 aromatic heterocycles. The standard InChI is InChI=1S/C11H13ClFNO5S/c1-19-5-4-10(11(15)16)14-20(17,18)7-2-3-9(13)8(12)6-7/h2-3,6,10,14H,4-5H2,1H3,(H,15,16). The number of sulfonamides is 1. The van der Waals surface area contributed by atoms with E-state index in [1.807, 2.05) is 4.72 Å². The molecule has 1 aromatic rings. The highest BCUT2D eigenvalue weighted by Gasteiger charge is 2.25. The van der Waals surface area contributed by atoms with Crippen molar-refractivity contribution in [1.29, 1.82) is 0 Å². The Morgan fingerprint density at radius 1 is 1.55 bits per heavy atom. The van der Waals surface area contributed by atoms with Crippen molar-refractivity contribution in [3.8, 4) is 0 Å². The topological polar surface area (TPSA) is 92.7 Å². The van der Waals surface area contributed by atoms with Crippen LogP contribution < -0.4 is 4.72 Å². The molecule has 0 aliphatic heterocycles. The maximum atomic E-state index is 13.0. The fourth-order valence-corrected chi connectivity index (χ4v) is 2.86. The predicted molar refractivity (Wildman–Crippen MR) is 69.6 cm³/mol. The van der Waals surface area contributed by atoms with Crippen LogP contribution in [0.4, 0.5) is 4.39 Å². The number of methoxy groups -OCH3 is 1. The molecule has 1 rings (SSSR count). The van der Waals surface area contributed by atoms with E-state index < -0.39 is 27.9 Å². The van der Waals surface area contributed by atoms with Gasteiger partial charge >= 0.3 is 5.97 Å². The van der Waals surface area contributed by atoms with Gasteiger partial charge in [0.15, 0.2) is 0 Å². The lowest BCUT2D eigenvalue weighted by molar-refractivity contribution is -0.139. The van der Waals surface area contributed by atoms with Gasteiger partial charge in [-0.3, -0.25) is 4.79 Å². The minimum absolute atomic E-state index is 0.0417. The number of hydrogen-bond donors (Lipinski definition) is 2. The number of carboxylic acid groups (broad SMARTS) is 1. The van der Waals surface area contributed by atoms with Gasteiger partial charge < -0.3 is 9.84 Å². The van der Waals surface area contributed by atoms with Crippen molar-refractivity contribution < 1.29 is 27.4 Å². The molecule has 0 spiro atoms. The highest BCUT2D eigenvalue weighted by molar-refractivity contribution is 7.89. The summed E-state index contributed by atoms with van der Waals surface area (Å²) in [6, 6.07) is 1.46. The number of rotatable bonds is 7. The molecule has 0 saturated heterocycles. The Hall–Kier alpha value is -1.22. The van der Waals surface area contributed by atoms with Crippen LogP contribution in [-0.2, 0) is 19.6 Å². The normalized spacial score (nSPS) is 13.2. The highest BCUT2D eigenvalue weighted by atomic mass is 35.5. The second-order valence-corrected chi connectivity index (χ2v) is 5.99. The molecule has 0 aliphatic carbocycles. The van der Waals surface area contributed by atoms with Crippen LogP contribution in [0.2, 0.25) is 5.02 Å². The Morgan fingerprint density at radius 2 is 2.20 bits per heavy atom. The minimum Gasteiger partial charge on any atom is -0.480 e. The summed E-state index contributed by atoms with van der Waals surface area (Å²) in [4.78, 5) is 10.7. The van der Waals surface area contributed by atoms with Crippen molar-refractivity contribution in [2.24, 2.45) is 0 Å². The Kier molecular flexibility index (Phi) is 5.88. The molecule has 1 aromatic carbocycles. The number of carbonyl (C=O) groups is 1. The summed E-state index contributed by atoms with van der Waals surface area (Å²) < 4.78 is 43.7. The van der Waals surface area contributed by atoms with Crippen molar-refractivity contribution in [3.63, 3.8) is 0 Å². The third kappa shape index (κ3) is 4.41. The lowest BCUT2D eigenvalue weighted by Gasteiger charge is -2.14. The molecule has 0 fully saturated rings. The SMILES string of the molecule is COCCC(NS(=O)(=O)c1ccc(F)c(Cl)c1)C(=O)O. The number of halogens is 2. The van der Waals surface area contributed by atoms with E-state index in [1.165, 1.54) is 7.11 Å². The van der Waals surface area contributed by atoms with Crippen molar-refractivity contribution in [1.82, 2.24) is 4.72 Å². The first-order valence-corrected chi connectivity index (χ1v) is 7.33. The van der Waals surface area contributed by atoms with E-state index in [0.29, 0.717) is 0 Å². The van der Waals surface area contributed by atoms with E-state index in [0.717, 1.165) is 18.2 Å². The number of aliphatic carboxylic acids is 1. The van der Waals surface area contributed by atoms with Gasteiger partial charge in [0.2, 0.25) is 10.0 Å². The lowest BCUT2D eigenvalue weighted by atomic mass is 10.2. The maximum Gasteiger partial charge on any atom is 0.321 e. The van der Waals surface area contributed by atoms with Crippen molar-refractivity contribution in [2.75, 3.05) is 13.7 Å². The van der Waals surface area contributed by atoms with E-state index in [9.17, 15) is 17.6 Å². The van der Waals surface area contributed by atoms with Crippen LogP contribution in [-0.4, -0.2) is 39.3 Å². The van der Waals surface area contributed by atoms with Gasteiger partial charge in [0.1, 0.15) is 11.9 Å². The van der Waals surface area contributed by atoms with Crippen LogP contribution in [0.15, 0.2) is 23.1 Å². The number of carboxylic acids is 1. The van der Waals surface area contributed by atoms with Gasteiger partial charge in [-0.1, -0.05) is 11.6 Å². The molecule has 0 aliphatic rings. The Balaban J connectivity index is 2.97. The third-order valence-electron chi connectivity index (χ3n) is 2.41. The monoisotopic (exact) mass is 325 g/mol. The molecule has 112 valence electrons. The first kappa shape index (κ1) is 16.8. The average Bonchev–Trinajstić information content (AvgIpc) is 2.37. The number of ether oxygens (including phenoxy) is 1. The van der Waals surface area contributed by atoms with Crippen molar-refractivity contribution >= 4 is 27.6 Å². The molecule has 2 N–H and O–H groups in total. The summed E-state index contributed by atoms with van der Waals surface area (Å²) in [6.07, 6.45) is -0.0417. The predicted octanol–water partition coefficient (Wildman–Crippen LogP) is 1.25. The zero-order chi connectivity index (χ0) is 15.3. The lowest BCUT2D eigenvalue weighted by Crippen LogP contribution is -2.41. The molecule has 0 heterocycles. The average molecular weight is 326 g/mol. The van der Waals surface area contributed by atoms with E-state index >= 15 is 0 Å². The molecule has 0 saturated carbocycles. The molecule has 0 bridgehead atoms. The molecular formula is C11H13ClFNO5S. The molecule has 1 atom stereocenters. The van der Waals surface area contributed by atoms with Gasteiger partial charge in [0.05, 0.1) is 9.92 Å². The Bertz CT molecular complexity index is 592. The van der Waals surface area contributed by atoms with E-state index in [1.54, 1.807) is 0 Å². The Morgan fingerprint density at radius 3 is 2.70 bits per heavy atom. The fourth-order valence-electron chi connectivity index (χ4n) is 1.37. The van der Waals surface area contributed by atoms with Crippen molar-refractivity contribution in [2.45, 2.75) is 17.4 Å². The van der Waals surface area contributed by atoms with Gasteiger partial charge in [0, 0.05) is 13.7 Å². The summed E-state index contributed by atoms with van der Waals surface area (Å²) in [5, 5.41) is 8.58. The van der Waals surface area contributed by atoms with Crippen LogP contribution in [0.25, 0.3) is 0 Å². The smallest absolute Gasteiger partial charge is 0.321 e. The minimum atomic E-state index is -4.11. The molecular weight excluding hydrogens is 313 g/mol. The largest absolute Gasteiger partial charge is 0.480 e. The first-order chi connectivity index (χ1) is 9.27. The fraction of sp³-hybridized carbons (Fsp3) is 0.364. The summed E-state index contributed by atoms with van der Waals surface area (Å²) in [5.41, 5.74) is 0. The van der Waals surface area contributed by atoms with Crippen LogP contribution >= 0.6 is 11.6 Å². The number of nitrogens with one attached hydrogen (secondary N) is 1. The van der Waals surface area contributed by atoms with Gasteiger partial charge in [-0.15, -0.1) is 0 Å². The van der Waals surface area contributed by atoms with Gasteiger partial charge in [-0.2, -0.15) is 4.72 Å². The molecule has 1 unspecified atom stereocenters. The van der Waals surface area contributed by atoms with Crippen LogP contribution in [0.1, 0.15) is 6.42 Å². The second-order valence-electron chi connectivity index (χ2n) is 3.87. The maximum absolute atomic E-state index is 13.0. The molecule has 9 heteroatoms. The van der Waals surface area contributed by atoms with Gasteiger partial charge in [-0.05, 0) is 24.6 Å². The summed E-state index contributed by atoms with van der Waals surface area (Å²) in [5.74, 6) is -2.10. The van der Waals surface area contributed by atoms with Gasteiger partial charge in [0.25, 0.3) is 0 Å². The van der Waals surface area contributed by atoms with Gasteiger partial charge in [-0.25, -0.2) is 12.8 Å².